The molecule has 7 nitrogen and oxygen atoms in total. The minimum absolute atomic E-state index is 0.0741. The molecule has 0 aromatic heterocycles. The molecule has 0 aliphatic rings. The highest BCUT2D eigenvalue weighted by molar-refractivity contribution is 5.96. The normalized spacial score (nSPS) is 10.5. The summed E-state index contributed by atoms with van der Waals surface area (Å²) in [6.07, 6.45) is -0.134. The second-order valence-electron chi connectivity index (χ2n) is 5.55. The number of carbonyl (C=O) groups excluding carboxylic acids is 1. The fourth-order valence-corrected chi connectivity index (χ4v) is 2.12. The molecule has 0 atom stereocenters. The van der Waals surface area contributed by atoms with Gasteiger partial charge in [0.1, 0.15) is 0 Å². The van der Waals surface area contributed by atoms with Crippen molar-refractivity contribution < 1.29 is 19.6 Å². The highest BCUT2D eigenvalue weighted by Crippen LogP contribution is 2.19. The quantitative estimate of drug-likeness (QED) is 0.616. The van der Waals surface area contributed by atoms with Gasteiger partial charge in [0.05, 0.1) is 11.3 Å². The third kappa shape index (κ3) is 4.83. The maximum absolute atomic E-state index is 12.6. The number of nitro benzene ring substituents is 1. The van der Waals surface area contributed by atoms with E-state index in [1.165, 1.54) is 23.1 Å². The largest absolute Gasteiger partial charge is 0.481 e. The maximum atomic E-state index is 12.6. The summed E-state index contributed by atoms with van der Waals surface area (Å²) in [5, 5.41) is 19.5. The van der Waals surface area contributed by atoms with E-state index in [1.54, 1.807) is 6.92 Å². The number of aryl methyl sites for hydroxylation is 1. The highest BCUT2D eigenvalue weighted by atomic mass is 16.6. The van der Waals surface area contributed by atoms with Crippen LogP contribution in [0, 0.1) is 23.0 Å². The van der Waals surface area contributed by atoms with Gasteiger partial charge in [-0.25, -0.2) is 0 Å². The zero-order valence-corrected chi connectivity index (χ0v) is 12.9. The van der Waals surface area contributed by atoms with Crippen LogP contribution in [0.5, 0.6) is 0 Å². The van der Waals surface area contributed by atoms with Crippen molar-refractivity contribution in [1.82, 2.24) is 4.90 Å². The molecule has 0 spiro atoms. The van der Waals surface area contributed by atoms with E-state index in [-0.39, 0.29) is 30.5 Å². The van der Waals surface area contributed by atoms with Crippen molar-refractivity contribution in [3.63, 3.8) is 0 Å². The number of hydrogen-bond donors (Lipinski definition) is 1. The third-order valence-electron chi connectivity index (χ3n) is 3.12. The number of carbonyl (C=O) groups is 2. The summed E-state index contributed by atoms with van der Waals surface area (Å²) in [4.78, 5) is 35.0. The maximum Gasteiger partial charge on any atom is 0.305 e. The molecule has 7 heteroatoms. The fraction of sp³-hybridized carbons (Fsp3) is 0.467. The molecule has 0 unspecified atom stereocenters. The molecule has 0 bridgehead atoms. The number of rotatable bonds is 7. The first-order valence-electron chi connectivity index (χ1n) is 6.98. The van der Waals surface area contributed by atoms with Crippen LogP contribution < -0.4 is 0 Å². The van der Waals surface area contributed by atoms with Gasteiger partial charge in [0.2, 0.25) is 0 Å². The van der Waals surface area contributed by atoms with E-state index in [1.807, 2.05) is 13.8 Å². The number of non-ortho nitro benzene ring substituents is 1. The van der Waals surface area contributed by atoms with Gasteiger partial charge in [-0.3, -0.25) is 19.7 Å². The van der Waals surface area contributed by atoms with Crippen molar-refractivity contribution in [1.29, 1.82) is 0 Å². The summed E-state index contributed by atoms with van der Waals surface area (Å²) in [7, 11) is 0. The monoisotopic (exact) mass is 308 g/mol. The molecular weight excluding hydrogens is 288 g/mol. The Hall–Kier alpha value is -2.44. The lowest BCUT2D eigenvalue weighted by Gasteiger charge is -2.24. The van der Waals surface area contributed by atoms with E-state index in [0.29, 0.717) is 17.7 Å². The minimum Gasteiger partial charge on any atom is -0.481 e. The number of carboxylic acid groups (broad SMARTS) is 1. The molecule has 0 aliphatic carbocycles. The Labute approximate surface area is 128 Å². The summed E-state index contributed by atoms with van der Waals surface area (Å²) >= 11 is 0. The van der Waals surface area contributed by atoms with Crippen LogP contribution in [0.25, 0.3) is 0 Å². The second kappa shape index (κ2) is 7.53. The van der Waals surface area contributed by atoms with Gasteiger partial charge in [-0.2, -0.15) is 0 Å². The Morgan fingerprint density at radius 2 is 2.00 bits per heavy atom. The number of nitrogens with zero attached hydrogens (tertiary/aromatic N) is 2. The lowest BCUT2D eigenvalue weighted by Crippen LogP contribution is -2.36. The summed E-state index contributed by atoms with van der Waals surface area (Å²) < 4.78 is 0. The summed E-state index contributed by atoms with van der Waals surface area (Å²) in [6.45, 7) is 6.05. The summed E-state index contributed by atoms with van der Waals surface area (Å²) in [6, 6.07) is 4.05. The molecule has 22 heavy (non-hydrogen) atoms. The Kier molecular flexibility index (Phi) is 6.03. The highest BCUT2D eigenvalue weighted by Gasteiger charge is 2.21. The molecular formula is C15H20N2O5. The smallest absolute Gasteiger partial charge is 0.305 e. The average Bonchev–Trinajstić information content (AvgIpc) is 2.41. The standard InChI is InChI=1S/C15H20N2O5/c1-10(2)9-16(7-6-14(18)19)15(20)13-5-4-12(17(21)22)8-11(13)3/h4-5,8,10H,6-7,9H2,1-3H3,(H,18,19). The van der Waals surface area contributed by atoms with Crippen LogP contribution in [-0.4, -0.2) is 39.9 Å². The molecule has 0 aliphatic heterocycles. The SMILES string of the molecule is Cc1cc([N+](=O)[O-])ccc1C(=O)N(CCC(=O)O)CC(C)C. The van der Waals surface area contributed by atoms with Crippen LogP contribution in [0.15, 0.2) is 18.2 Å². The Bertz CT molecular complexity index is 583. The molecule has 0 heterocycles. The molecule has 0 saturated carbocycles. The van der Waals surface area contributed by atoms with Crippen molar-refractivity contribution in [2.24, 2.45) is 5.92 Å². The van der Waals surface area contributed by atoms with Crippen LogP contribution >= 0.6 is 0 Å². The number of nitro groups is 1. The first-order chi connectivity index (χ1) is 10.2. The van der Waals surface area contributed by atoms with E-state index in [2.05, 4.69) is 0 Å². The predicted molar refractivity (Wildman–Crippen MR) is 80.8 cm³/mol. The molecule has 1 aromatic carbocycles. The topological polar surface area (TPSA) is 101 Å². The number of amides is 1. The van der Waals surface area contributed by atoms with Crippen LogP contribution in [0.4, 0.5) is 5.69 Å². The molecule has 120 valence electrons. The second-order valence-corrected chi connectivity index (χ2v) is 5.55. The zero-order chi connectivity index (χ0) is 16.9. The number of aliphatic carboxylic acids is 1. The zero-order valence-electron chi connectivity index (χ0n) is 12.9. The summed E-state index contributed by atoms with van der Waals surface area (Å²) in [5.41, 5.74) is 0.787. The Morgan fingerprint density at radius 1 is 1.36 bits per heavy atom. The number of carboxylic acids is 1. The van der Waals surface area contributed by atoms with E-state index in [4.69, 9.17) is 5.11 Å². The number of hydrogen-bond acceptors (Lipinski definition) is 4. The average molecular weight is 308 g/mol. The molecule has 1 N–H and O–H groups in total. The lowest BCUT2D eigenvalue weighted by molar-refractivity contribution is -0.384. The molecule has 1 amide bonds. The Morgan fingerprint density at radius 3 is 2.45 bits per heavy atom. The van der Waals surface area contributed by atoms with Gasteiger partial charge in [-0.05, 0) is 24.5 Å². The van der Waals surface area contributed by atoms with Gasteiger partial charge < -0.3 is 10.0 Å². The lowest BCUT2D eigenvalue weighted by atomic mass is 10.1. The van der Waals surface area contributed by atoms with Gasteiger partial charge in [0.25, 0.3) is 11.6 Å². The Balaban J connectivity index is 3.02. The van der Waals surface area contributed by atoms with Crippen molar-refractivity contribution in [3.8, 4) is 0 Å². The van der Waals surface area contributed by atoms with Crippen molar-refractivity contribution in [2.75, 3.05) is 13.1 Å². The molecule has 0 saturated heterocycles. The van der Waals surface area contributed by atoms with Crippen molar-refractivity contribution in [2.45, 2.75) is 27.2 Å². The first-order valence-corrected chi connectivity index (χ1v) is 6.98. The predicted octanol–water partition coefficient (Wildman–Crippen LogP) is 2.48. The number of benzene rings is 1. The minimum atomic E-state index is -0.970. The third-order valence-corrected chi connectivity index (χ3v) is 3.12. The van der Waals surface area contributed by atoms with Crippen LogP contribution in [0.2, 0.25) is 0 Å². The van der Waals surface area contributed by atoms with Crippen LogP contribution in [0.1, 0.15) is 36.2 Å². The van der Waals surface area contributed by atoms with E-state index in [0.717, 1.165) is 0 Å². The van der Waals surface area contributed by atoms with Gasteiger partial charge in [-0.15, -0.1) is 0 Å². The molecule has 1 aromatic rings. The fourth-order valence-electron chi connectivity index (χ4n) is 2.12. The van der Waals surface area contributed by atoms with Gasteiger partial charge >= 0.3 is 5.97 Å². The van der Waals surface area contributed by atoms with Gasteiger partial charge in [-0.1, -0.05) is 13.8 Å². The summed E-state index contributed by atoms with van der Waals surface area (Å²) in [5.74, 6) is -1.08. The van der Waals surface area contributed by atoms with Crippen molar-refractivity contribution >= 4 is 17.6 Å². The van der Waals surface area contributed by atoms with E-state index >= 15 is 0 Å². The van der Waals surface area contributed by atoms with E-state index < -0.39 is 10.9 Å². The molecule has 0 radical (unpaired) electrons. The van der Waals surface area contributed by atoms with E-state index in [9.17, 15) is 19.7 Å². The molecule has 1 rings (SSSR count). The molecule has 0 fully saturated rings. The first kappa shape index (κ1) is 17.6. The van der Waals surface area contributed by atoms with Gasteiger partial charge in [0, 0.05) is 30.8 Å². The van der Waals surface area contributed by atoms with Crippen molar-refractivity contribution in [3.05, 3.63) is 39.4 Å². The van der Waals surface area contributed by atoms with Crippen LogP contribution in [0.3, 0.4) is 0 Å². The van der Waals surface area contributed by atoms with Gasteiger partial charge in [0.15, 0.2) is 0 Å². The van der Waals surface area contributed by atoms with Crippen LogP contribution in [-0.2, 0) is 4.79 Å².